The van der Waals surface area contributed by atoms with Crippen molar-refractivity contribution < 1.29 is 4.79 Å². The van der Waals surface area contributed by atoms with Gasteiger partial charge in [0.15, 0.2) is 0 Å². The fraction of sp³-hybridized carbons (Fsp3) is 0.923. The molecule has 0 spiro atoms. The molecule has 1 fully saturated rings. The summed E-state index contributed by atoms with van der Waals surface area (Å²) in [5, 5.41) is 3.02. The van der Waals surface area contributed by atoms with Gasteiger partial charge in [-0.05, 0) is 26.2 Å². The van der Waals surface area contributed by atoms with E-state index < -0.39 is 0 Å². The van der Waals surface area contributed by atoms with Crippen LogP contribution in [-0.2, 0) is 4.79 Å². The molecule has 0 saturated heterocycles. The van der Waals surface area contributed by atoms with E-state index in [0.29, 0.717) is 19.1 Å². The topological polar surface area (TPSA) is 58.4 Å². The summed E-state index contributed by atoms with van der Waals surface area (Å²) in [6.07, 6.45) is 6.00. The van der Waals surface area contributed by atoms with Crippen LogP contribution in [0.4, 0.5) is 0 Å². The third-order valence-corrected chi connectivity index (χ3v) is 3.62. The van der Waals surface area contributed by atoms with Crippen molar-refractivity contribution in [1.29, 1.82) is 0 Å². The molecule has 1 rings (SSSR count). The number of hydrogen-bond donors (Lipinski definition) is 2. The molecule has 1 atom stereocenters. The molecule has 1 saturated carbocycles. The summed E-state index contributed by atoms with van der Waals surface area (Å²) in [6, 6.07) is 0.840. The predicted octanol–water partition coefficient (Wildman–Crippen LogP) is 1.10. The van der Waals surface area contributed by atoms with Gasteiger partial charge in [0.05, 0.1) is 6.54 Å². The van der Waals surface area contributed by atoms with Gasteiger partial charge >= 0.3 is 0 Å². The number of carbonyl (C=O) groups excluding carboxylic acids is 1. The van der Waals surface area contributed by atoms with Crippen LogP contribution in [-0.4, -0.2) is 42.5 Å². The van der Waals surface area contributed by atoms with E-state index in [0.717, 1.165) is 13.0 Å². The van der Waals surface area contributed by atoms with Crippen LogP contribution < -0.4 is 11.1 Å². The van der Waals surface area contributed by atoms with E-state index in [1.54, 1.807) is 0 Å². The molecule has 0 aromatic carbocycles. The van der Waals surface area contributed by atoms with Crippen molar-refractivity contribution in [3.8, 4) is 0 Å². The maximum atomic E-state index is 11.9. The average Bonchev–Trinajstić information content (AvgIpc) is 2.81. The van der Waals surface area contributed by atoms with Crippen LogP contribution in [0.25, 0.3) is 0 Å². The first-order valence-corrected chi connectivity index (χ1v) is 6.90. The van der Waals surface area contributed by atoms with Crippen LogP contribution in [0.15, 0.2) is 0 Å². The number of amides is 1. The fourth-order valence-corrected chi connectivity index (χ4v) is 2.43. The average molecular weight is 241 g/mol. The van der Waals surface area contributed by atoms with Crippen molar-refractivity contribution in [3.63, 3.8) is 0 Å². The monoisotopic (exact) mass is 241 g/mol. The Hall–Kier alpha value is -0.610. The second-order valence-electron chi connectivity index (χ2n) is 5.07. The molecule has 0 radical (unpaired) electrons. The number of nitrogens with zero attached hydrogens (tertiary/aromatic N) is 1. The largest absolute Gasteiger partial charge is 0.353 e. The molecule has 0 aromatic rings. The smallest absolute Gasteiger partial charge is 0.234 e. The minimum atomic E-state index is 0.139. The Morgan fingerprint density at radius 2 is 2.12 bits per heavy atom. The van der Waals surface area contributed by atoms with Gasteiger partial charge in [-0.3, -0.25) is 9.69 Å². The lowest BCUT2D eigenvalue weighted by molar-refractivity contribution is -0.123. The molecule has 4 heteroatoms. The van der Waals surface area contributed by atoms with Crippen molar-refractivity contribution >= 4 is 5.91 Å². The number of hydrogen-bond acceptors (Lipinski definition) is 3. The van der Waals surface area contributed by atoms with Crippen LogP contribution >= 0.6 is 0 Å². The molecule has 100 valence electrons. The zero-order valence-corrected chi connectivity index (χ0v) is 11.2. The van der Waals surface area contributed by atoms with Gasteiger partial charge < -0.3 is 11.1 Å². The SMILES string of the molecule is CCC(C)NC(=O)CN(CCN)C1CCCC1. The van der Waals surface area contributed by atoms with Gasteiger partial charge in [-0.2, -0.15) is 0 Å². The molecule has 1 aliphatic rings. The van der Waals surface area contributed by atoms with Crippen molar-refractivity contribution in [1.82, 2.24) is 10.2 Å². The molecule has 0 aromatic heterocycles. The minimum absolute atomic E-state index is 0.139. The number of rotatable bonds is 7. The number of nitrogens with two attached hydrogens (primary N) is 1. The Kier molecular flexibility index (Phi) is 6.52. The van der Waals surface area contributed by atoms with Gasteiger partial charge in [0.1, 0.15) is 0 Å². The minimum Gasteiger partial charge on any atom is -0.353 e. The molecule has 1 aliphatic carbocycles. The zero-order chi connectivity index (χ0) is 12.7. The second kappa shape index (κ2) is 7.67. The quantitative estimate of drug-likeness (QED) is 0.702. The summed E-state index contributed by atoms with van der Waals surface area (Å²) in [4.78, 5) is 14.1. The Labute approximate surface area is 105 Å². The van der Waals surface area contributed by atoms with Gasteiger partial charge in [0.25, 0.3) is 0 Å². The van der Waals surface area contributed by atoms with E-state index in [4.69, 9.17) is 5.73 Å². The Morgan fingerprint density at radius 1 is 1.47 bits per heavy atom. The van der Waals surface area contributed by atoms with Crippen LogP contribution in [0.2, 0.25) is 0 Å². The maximum absolute atomic E-state index is 11.9. The lowest BCUT2D eigenvalue weighted by Crippen LogP contribution is -2.46. The van der Waals surface area contributed by atoms with E-state index in [2.05, 4.69) is 17.1 Å². The van der Waals surface area contributed by atoms with Gasteiger partial charge in [-0.25, -0.2) is 0 Å². The van der Waals surface area contributed by atoms with Crippen LogP contribution in [0, 0.1) is 0 Å². The normalized spacial score (nSPS) is 18.6. The third-order valence-electron chi connectivity index (χ3n) is 3.62. The lowest BCUT2D eigenvalue weighted by atomic mass is 10.2. The molecule has 3 N–H and O–H groups in total. The molecule has 17 heavy (non-hydrogen) atoms. The van der Waals surface area contributed by atoms with Crippen LogP contribution in [0.3, 0.4) is 0 Å². The van der Waals surface area contributed by atoms with E-state index >= 15 is 0 Å². The molecule has 0 heterocycles. The second-order valence-corrected chi connectivity index (χ2v) is 5.07. The lowest BCUT2D eigenvalue weighted by Gasteiger charge is -2.28. The van der Waals surface area contributed by atoms with E-state index in [1.807, 2.05) is 6.92 Å². The molecule has 4 nitrogen and oxygen atoms in total. The summed E-state index contributed by atoms with van der Waals surface area (Å²) in [7, 11) is 0. The Morgan fingerprint density at radius 3 is 2.65 bits per heavy atom. The van der Waals surface area contributed by atoms with Gasteiger partial charge in [-0.1, -0.05) is 19.8 Å². The van der Waals surface area contributed by atoms with Crippen molar-refractivity contribution in [2.75, 3.05) is 19.6 Å². The van der Waals surface area contributed by atoms with Crippen molar-refractivity contribution in [2.24, 2.45) is 5.73 Å². The molecule has 0 bridgehead atoms. The van der Waals surface area contributed by atoms with Gasteiger partial charge in [0, 0.05) is 25.2 Å². The summed E-state index contributed by atoms with van der Waals surface area (Å²) >= 11 is 0. The molecule has 1 amide bonds. The first-order chi connectivity index (χ1) is 8.17. The highest BCUT2D eigenvalue weighted by molar-refractivity contribution is 5.78. The number of nitrogens with one attached hydrogen (secondary N) is 1. The van der Waals surface area contributed by atoms with Crippen molar-refractivity contribution in [3.05, 3.63) is 0 Å². The summed E-state index contributed by atoms with van der Waals surface area (Å²) in [6.45, 7) is 6.10. The highest BCUT2D eigenvalue weighted by Crippen LogP contribution is 2.22. The van der Waals surface area contributed by atoms with E-state index in [1.165, 1.54) is 25.7 Å². The molecule has 1 unspecified atom stereocenters. The highest BCUT2D eigenvalue weighted by atomic mass is 16.2. The molecular weight excluding hydrogens is 214 g/mol. The summed E-state index contributed by atoms with van der Waals surface area (Å²) in [5.74, 6) is 0.139. The Balaban J connectivity index is 2.39. The zero-order valence-electron chi connectivity index (χ0n) is 11.2. The standard InChI is InChI=1S/C13H27N3O/c1-3-11(2)15-13(17)10-16(9-8-14)12-6-4-5-7-12/h11-12H,3-10,14H2,1-2H3,(H,15,17). The molecular formula is C13H27N3O. The first kappa shape index (κ1) is 14.5. The predicted molar refractivity (Wildman–Crippen MR) is 70.8 cm³/mol. The third kappa shape index (κ3) is 5.04. The van der Waals surface area contributed by atoms with E-state index in [-0.39, 0.29) is 11.9 Å². The Bertz CT molecular complexity index is 227. The number of carbonyl (C=O) groups is 1. The van der Waals surface area contributed by atoms with E-state index in [9.17, 15) is 4.79 Å². The van der Waals surface area contributed by atoms with Gasteiger partial charge in [0.2, 0.25) is 5.91 Å². The first-order valence-electron chi connectivity index (χ1n) is 6.90. The van der Waals surface area contributed by atoms with Gasteiger partial charge in [-0.15, -0.1) is 0 Å². The summed E-state index contributed by atoms with van der Waals surface area (Å²) in [5.41, 5.74) is 5.63. The highest BCUT2D eigenvalue weighted by Gasteiger charge is 2.23. The van der Waals surface area contributed by atoms with Crippen LogP contribution in [0.1, 0.15) is 46.0 Å². The van der Waals surface area contributed by atoms with Crippen molar-refractivity contribution in [2.45, 2.75) is 58.0 Å². The summed E-state index contributed by atoms with van der Waals surface area (Å²) < 4.78 is 0. The maximum Gasteiger partial charge on any atom is 0.234 e. The molecule has 0 aliphatic heterocycles. The fourth-order valence-electron chi connectivity index (χ4n) is 2.43. The van der Waals surface area contributed by atoms with Crippen LogP contribution in [0.5, 0.6) is 0 Å².